The van der Waals surface area contributed by atoms with Gasteiger partial charge in [0.05, 0.1) is 27.2 Å². The van der Waals surface area contributed by atoms with Gasteiger partial charge in [-0.2, -0.15) is 0 Å². The van der Waals surface area contributed by atoms with Gasteiger partial charge in [-0.1, -0.05) is 37.1 Å². The van der Waals surface area contributed by atoms with Crippen molar-refractivity contribution in [1.82, 2.24) is 0 Å². The summed E-state index contributed by atoms with van der Waals surface area (Å²) in [5.41, 5.74) is 0. The lowest BCUT2D eigenvalue weighted by atomic mass is 10.1. The van der Waals surface area contributed by atoms with E-state index in [2.05, 4.69) is 6.08 Å². The van der Waals surface area contributed by atoms with Gasteiger partial charge in [-0.05, 0) is 32.6 Å². The van der Waals surface area contributed by atoms with Crippen LogP contribution in [0.25, 0.3) is 0 Å². The van der Waals surface area contributed by atoms with Crippen molar-refractivity contribution < 1.29 is 29.0 Å². The third-order valence-corrected chi connectivity index (χ3v) is 3.97. The lowest BCUT2D eigenvalue weighted by Crippen LogP contribution is -2.45. The van der Waals surface area contributed by atoms with Crippen LogP contribution in [0, 0.1) is 0 Å². The van der Waals surface area contributed by atoms with Crippen LogP contribution in [0.15, 0.2) is 24.3 Å². The third-order valence-electron chi connectivity index (χ3n) is 3.97. The molecule has 6 heteroatoms. The van der Waals surface area contributed by atoms with Gasteiger partial charge in [0.1, 0.15) is 6.54 Å². The highest BCUT2D eigenvalue weighted by atomic mass is 16.5. The predicted octanol–water partition coefficient (Wildman–Crippen LogP) is 1.97. The summed E-state index contributed by atoms with van der Waals surface area (Å²) < 4.78 is 5.76. The number of likely N-dealkylation sites (N-methyl/N-ethyl adjacent to an activating group) is 1. The van der Waals surface area contributed by atoms with Crippen molar-refractivity contribution in [2.24, 2.45) is 0 Å². The minimum absolute atomic E-state index is 0.0912. The van der Waals surface area contributed by atoms with Gasteiger partial charge in [0.2, 0.25) is 0 Å². The summed E-state index contributed by atoms with van der Waals surface area (Å²) in [6, 6.07) is 0. The number of hydrogen-bond donors (Lipinski definition) is 1. The Morgan fingerprint density at radius 3 is 2.41 bits per heavy atom. The Hall–Kier alpha value is -1.66. The zero-order chi connectivity index (χ0) is 20.7. The number of esters is 1. The molecule has 0 saturated carbocycles. The van der Waals surface area contributed by atoms with Crippen molar-refractivity contribution >= 4 is 11.9 Å². The number of allylic oxidation sites excluding steroid dienone is 4. The molecule has 0 spiro atoms. The van der Waals surface area contributed by atoms with Crippen molar-refractivity contribution in [1.29, 1.82) is 0 Å². The topological polar surface area (TPSA) is 86.7 Å². The van der Waals surface area contributed by atoms with Crippen LogP contribution in [0.4, 0.5) is 0 Å². The van der Waals surface area contributed by atoms with Gasteiger partial charge in [-0.25, -0.2) is 0 Å². The maximum Gasteiger partial charge on any atom is 0.306 e. The zero-order valence-electron chi connectivity index (χ0n) is 17.4. The number of nitrogens with zero attached hydrogens (tertiary/aromatic N) is 1. The number of aliphatic carboxylic acids is 1. The highest BCUT2D eigenvalue weighted by Gasteiger charge is 2.22. The van der Waals surface area contributed by atoms with Crippen molar-refractivity contribution in [2.75, 3.05) is 27.7 Å². The lowest BCUT2D eigenvalue weighted by Gasteiger charge is -2.29. The molecule has 0 aromatic carbocycles. The van der Waals surface area contributed by atoms with Gasteiger partial charge >= 0.3 is 5.97 Å². The SMILES string of the molecule is C/C=C/C=C/CCCCCC(O)CCC(=O)OC(CC(=O)[O-])C[N+](C)(C)C. The summed E-state index contributed by atoms with van der Waals surface area (Å²) in [5, 5.41) is 20.8. The molecule has 2 unspecified atom stereocenters. The number of hydrogen-bond acceptors (Lipinski definition) is 5. The molecule has 6 nitrogen and oxygen atoms in total. The molecular formula is C21H37NO5. The first-order valence-electron chi connectivity index (χ1n) is 9.79. The Kier molecular flexibility index (Phi) is 13.5. The lowest BCUT2D eigenvalue weighted by molar-refractivity contribution is -0.873. The molecule has 0 aliphatic rings. The van der Waals surface area contributed by atoms with Crippen molar-refractivity contribution in [3.8, 4) is 0 Å². The average Bonchev–Trinajstić information content (AvgIpc) is 2.53. The predicted molar refractivity (Wildman–Crippen MR) is 105 cm³/mol. The van der Waals surface area contributed by atoms with E-state index in [-0.39, 0.29) is 12.8 Å². The number of carbonyl (C=O) groups is 2. The molecule has 27 heavy (non-hydrogen) atoms. The van der Waals surface area contributed by atoms with Crippen molar-refractivity contribution in [3.05, 3.63) is 24.3 Å². The number of carboxylic acid groups (broad SMARTS) is 1. The van der Waals surface area contributed by atoms with Crippen molar-refractivity contribution in [2.45, 2.75) is 70.5 Å². The molecule has 0 bridgehead atoms. The number of unbranched alkanes of at least 4 members (excludes halogenated alkanes) is 3. The van der Waals surface area contributed by atoms with E-state index in [0.717, 1.165) is 25.7 Å². The van der Waals surface area contributed by atoms with Gasteiger partial charge in [0.25, 0.3) is 0 Å². The number of ether oxygens (including phenoxy) is 1. The Morgan fingerprint density at radius 2 is 1.81 bits per heavy atom. The van der Waals surface area contributed by atoms with Crippen LogP contribution >= 0.6 is 0 Å². The summed E-state index contributed by atoms with van der Waals surface area (Å²) in [7, 11) is 5.70. The Labute approximate surface area is 164 Å². The fourth-order valence-corrected chi connectivity index (χ4v) is 2.72. The first-order valence-corrected chi connectivity index (χ1v) is 9.79. The van der Waals surface area contributed by atoms with Crippen LogP contribution < -0.4 is 5.11 Å². The monoisotopic (exact) mass is 383 g/mol. The fraction of sp³-hybridized carbons (Fsp3) is 0.714. The summed E-state index contributed by atoms with van der Waals surface area (Å²) in [5.74, 6) is -1.70. The summed E-state index contributed by atoms with van der Waals surface area (Å²) in [6.07, 6.45) is 11.7. The quantitative estimate of drug-likeness (QED) is 0.202. The molecule has 0 amide bonds. The van der Waals surface area contributed by atoms with Crippen LogP contribution in [0.5, 0.6) is 0 Å². The van der Waals surface area contributed by atoms with E-state index in [1.165, 1.54) is 0 Å². The minimum atomic E-state index is -1.23. The van der Waals surface area contributed by atoms with Crippen LogP contribution in [0.2, 0.25) is 0 Å². The Balaban J connectivity index is 4.01. The Morgan fingerprint density at radius 1 is 1.11 bits per heavy atom. The summed E-state index contributed by atoms with van der Waals surface area (Å²) in [6.45, 7) is 2.37. The maximum atomic E-state index is 12.0. The number of quaternary nitrogens is 1. The van der Waals surface area contributed by atoms with E-state index >= 15 is 0 Å². The molecule has 0 heterocycles. The molecule has 2 atom stereocenters. The van der Waals surface area contributed by atoms with E-state index in [1.54, 1.807) is 0 Å². The number of aliphatic hydroxyl groups excluding tert-OH is 1. The molecule has 0 aliphatic carbocycles. The average molecular weight is 384 g/mol. The summed E-state index contributed by atoms with van der Waals surface area (Å²) >= 11 is 0. The van der Waals surface area contributed by atoms with Gasteiger partial charge in [-0.3, -0.25) is 4.79 Å². The van der Waals surface area contributed by atoms with Gasteiger partial charge in [0.15, 0.2) is 6.10 Å². The van der Waals surface area contributed by atoms with E-state index in [4.69, 9.17) is 4.74 Å². The number of carboxylic acids is 1. The van der Waals surface area contributed by atoms with Gasteiger partial charge in [-0.15, -0.1) is 0 Å². The van der Waals surface area contributed by atoms with Gasteiger partial charge < -0.3 is 24.2 Å². The normalized spacial score (nSPS) is 14.6. The third kappa shape index (κ3) is 17.5. The van der Waals surface area contributed by atoms with E-state index in [9.17, 15) is 19.8 Å². The zero-order valence-corrected chi connectivity index (χ0v) is 17.4. The highest BCUT2D eigenvalue weighted by Crippen LogP contribution is 2.12. The van der Waals surface area contributed by atoms with Crippen LogP contribution in [-0.2, 0) is 14.3 Å². The molecule has 1 N–H and O–H groups in total. The molecule has 0 aliphatic heterocycles. The Bertz CT molecular complexity index is 479. The first-order chi connectivity index (χ1) is 12.6. The molecule has 0 rings (SSSR count). The number of carbonyl (C=O) groups excluding carboxylic acids is 2. The van der Waals surface area contributed by atoms with Crippen molar-refractivity contribution in [3.63, 3.8) is 0 Å². The van der Waals surface area contributed by atoms with E-state index < -0.39 is 24.1 Å². The molecule has 0 aromatic heterocycles. The fourth-order valence-electron chi connectivity index (χ4n) is 2.72. The van der Waals surface area contributed by atoms with Gasteiger partial charge in [0, 0.05) is 18.8 Å². The largest absolute Gasteiger partial charge is 0.550 e. The smallest absolute Gasteiger partial charge is 0.306 e. The number of rotatable bonds is 15. The minimum Gasteiger partial charge on any atom is -0.550 e. The van der Waals surface area contributed by atoms with Crippen LogP contribution in [-0.4, -0.2) is 61.4 Å². The van der Waals surface area contributed by atoms with Crippen LogP contribution in [0.3, 0.4) is 0 Å². The first kappa shape index (κ1) is 25.3. The number of aliphatic hydroxyl groups is 1. The van der Waals surface area contributed by atoms with E-state index in [0.29, 0.717) is 23.9 Å². The second-order valence-corrected chi connectivity index (χ2v) is 7.95. The molecular weight excluding hydrogens is 346 g/mol. The summed E-state index contributed by atoms with van der Waals surface area (Å²) in [4.78, 5) is 22.8. The standard InChI is InChI=1S/C21H37NO5/c1-5-6-7-8-9-10-11-12-13-18(23)14-15-21(26)27-19(16-20(24)25)17-22(2,3)4/h5-8,18-19,23H,9-17H2,1-4H3/b6-5+,8-7+. The second kappa shape index (κ2) is 14.4. The maximum absolute atomic E-state index is 12.0. The molecule has 156 valence electrons. The van der Waals surface area contributed by atoms with Crippen LogP contribution in [0.1, 0.15) is 58.3 Å². The molecule has 0 saturated heterocycles. The second-order valence-electron chi connectivity index (χ2n) is 7.95. The molecule has 0 radical (unpaired) electrons. The molecule has 0 aromatic rings. The molecule has 0 fully saturated rings. The highest BCUT2D eigenvalue weighted by molar-refractivity contribution is 5.70. The van der Waals surface area contributed by atoms with E-state index in [1.807, 2.05) is 46.3 Å².